The zero-order valence-electron chi connectivity index (χ0n) is 11.6. The van der Waals surface area contributed by atoms with Gasteiger partial charge in [-0.3, -0.25) is 4.90 Å². The number of rotatable bonds is 1. The molecule has 0 aromatic heterocycles. The van der Waals surface area contributed by atoms with Crippen molar-refractivity contribution < 1.29 is 0 Å². The lowest BCUT2D eigenvalue weighted by molar-refractivity contribution is 0.00538. The largest absolute Gasteiger partial charge is 0.299 e. The predicted octanol–water partition coefficient (Wildman–Crippen LogP) is 3.93. The summed E-state index contributed by atoms with van der Waals surface area (Å²) < 4.78 is 0. The molecule has 1 heterocycles. The topological polar surface area (TPSA) is 3.24 Å². The van der Waals surface area contributed by atoms with Gasteiger partial charge in [-0.15, -0.1) is 0 Å². The van der Waals surface area contributed by atoms with E-state index in [0.717, 1.165) is 0 Å². The van der Waals surface area contributed by atoms with Gasteiger partial charge in [0.1, 0.15) is 0 Å². The summed E-state index contributed by atoms with van der Waals surface area (Å²) in [4.78, 5) is 2.73. The third-order valence-electron chi connectivity index (χ3n) is 3.40. The van der Waals surface area contributed by atoms with Gasteiger partial charge in [0.2, 0.25) is 0 Å². The van der Waals surface area contributed by atoms with Crippen LogP contribution in [-0.2, 0) is 0 Å². The third-order valence-corrected chi connectivity index (χ3v) is 3.40. The maximum Gasteiger partial charge on any atom is 0.0192 e. The highest BCUT2D eigenvalue weighted by Crippen LogP contribution is 2.38. The molecule has 1 heteroatoms. The minimum Gasteiger partial charge on any atom is -0.299 e. The van der Waals surface area contributed by atoms with E-state index in [4.69, 9.17) is 0 Å². The van der Waals surface area contributed by atoms with Gasteiger partial charge in [0, 0.05) is 6.04 Å². The van der Waals surface area contributed by atoms with E-state index in [1.807, 2.05) is 0 Å². The monoisotopic (exact) mass is 211 g/mol. The molecule has 0 saturated carbocycles. The Balaban J connectivity index is 2.80. The van der Waals surface area contributed by atoms with Crippen molar-refractivity contribution in [2.45, 2.75) is 66.8 Å². The van der Waals surface area contributed by atoms with Crippen molar-refractivity contribution in [2.75, 3.05) is 13.1 Å². The summed E-state index contributed by atoms with van der Waals surface area (Å²) in [6.45, 7) is 16.9. The van der Waals surface area contributed by atoms with E-state index in [0.29, 0.717) is 16.9 Å². The summed E-state index contributed by atoms with van der Waals surface area (Å²) in [5.41, 5.74) is 0.769. The normalized spacial score (nSPS) is 21.0. The van der Waals surface area contributed by atoms with E-state index >= 15 is 0 Å². The van der Waals surface area contributed by atoms with Crippen LogP contribution in [0.15, 0.2) is 0 Å². The molecular formula is C14H29N. The minimum absolute atomic E-state index is 0.385. The maximum atomic E-state index is 2.73. The second kappa shape index (κ2) is 4.45. The Morgan fingerprint density at radius 2 is 1.13 bits per heavy atom. The average Bonchev–Trinajstić information content (AvgIpc) is 2.00. The molecule has 0 aromatic carbocycles. The Hall–Kier alpha value is -0.0400. The van der Waals surface area contributed by atoms with Gasteiger partial charge in [-0.25, -0.2) is 0 Å². The Kier molecular flexibility index (Phi) is 3.86. The first-order chi connectivity index (χ1) is 6.73. The van der Waals surface area contributed by atoms with Crippen molar-refractivity contribution in [2.24, 2.45) is 10.8 Å². The Bertz CT molecular complexity index is 174. The van der Waals surface area contributed by atoms with Crippen LogP contribution in [0.2, 0.25) is 0 Å². The number of likely N-dealkylation sites (tertiary alicyclic amines) is 1. The zero-order chi connectivity index (χ0) is 11.7. The molecule has 1 fully saturated rings. The summed E-state index contributed by atoms with van der Waals surface area (Å²) in [6.07, 6.45) is 4.21. The van der Waals surface area contributed by atoms with Gasteiger partial charge in [-0.2, -0.15) is 0 Å². The van der Waals surface area contributed by atoms with E-state index in [-0.39, 0.29) is 0 Å². The summed E-state index contributed by atoms with van der Waals surface area (Å²) in [5, 5.41) is 0. The molecule has 0 unspecified atom stereocenters. The van der Waals surface area contributed by atoms with Crippen molar-refractivity contribution >= 4 is 0 Å². The van der Waals surface area contributed by atoms with Crippen molar-refractivity contribution in [3.05, 3.63) is 0 Å². The van der Waals surface area contributed by atoms with Gasteiger partial charge in [0.05, 0.1) is 0 Å². The lowest BCUT2D eigenvalue weighted by atomic mass is 9.70. The average molecular weight is 211 g/mol. The molecule has 1 aliphatic rings. The van der Waals surface area contributed by atoms with Gasteiger partial charge in [0.15, 0.2) is 0 Å². The molecule has 1 saturated heterocycles. The standard InChI is InChI=1S/C14H29N/c1-13(2,3)12(14(4,5)6)15-10-8-7-9-11-15/h12H,7-11H2,1-6H3. The van der Waals surface area contributed by atoms with Crippen molar-refractivity contribution in [3.8, 4) is 0 Å². The molecule has 0 N–H and O–H groups in total. The Morgan fingerprint density at radius 3 is 1.47 bits per heavy atom. The summed E-state index contributed by atoms with van der Waals surface area (Å²) in [7, 11) is 0. The van der Waals surface area contributed by atoms with Crippen molar-refractivity contribution in [1.29, 1.82) is 0 Å². The van der Waals surface area contributed by atoms with Crippen LogP contribution >= 0.6 is 0 Å². The van der Waals surface area contributed by atoms with Crippen LogP contribution in [0.25, 0.3) is 0 Å². The minimum atomic E-state index is 0.385. The molecule has 0 bridgehead atoms. The van der Waals surface area contributed by atoms with Gasteiger partial charge in [0.25, 0.3) is 0 Å². The SMILES string of the molecule is CC(C)(C)C(N1CCCCC1)C(C)(C)C. The maximum absolute atomic E-state index is 2.73. The van der Waals surface area contributed by atoms with Crippen LogP contribution in [-0.4, -0.2) is 24.0 Å². The first kappa shape index (κ1) is 13.0. The molecule has 0 spiro atoms. The van der Waals surface area contributed by atoms with E-state index in [2.05, 4.69) is 46.4 Å². The predicted molar refractivity (Wildman–Crippen MR) is 68.1 cm³/mol. The van der Waals surface area contributed by atoms with Gasteiger partial charge in [-0.05, 0) is 36.8 Å². The number of hydrogen-bond donors (Lipinski definition) is 0. The molecule has 0 aliphatic carbocycles. The van der Waals surface area contributed by atoms with Crippen molar-refractivity contribution in [3.63, 3.8) is 0 Å². The van der Waals surface area contributed by atoms with Gasteiger partial charge >= 0.3 is 0 Å². The Morgan fingerprint density at radius 1 is 0.733 bits per heavy atom. The molecule has 1 rings (SSSR count). The molecule has 0 aromatic rings. The first-order valence-electron chi connectivity index (χ1n) is 6.47. The molecule has 90 valence electrons. The van der Waals surface area contributed by atoms with E-state index < -0.39 is 0 Å². The van der Waals surface area contributed by atoms with Crippen LogP contribution < -0.4 is 0 Å². The van der Waals surface area contributed by atoms with E-state index in [1.165, 1.54) is 32.4 Å². The van der Waals surface area contributed by atoms with Crippen LogP contribution in [0, 0.1) is 10.8 Å². The first-order valence-corrected chi connectivity index (χ1v) is 6.47. The zero-order valence-corrected chi connectivity index (χ0v) is 11.6. The second-order valence-corrected chi connectivity index (χ2v) is 7.23. The fraction of sp³-hybridized carbons (Fsp3) is 1.00. The lowest BCUT2D eigenvalue weighted by Gasteiger charge is -2.49. The van der Waals surface area contributed by atoms with Gasteiger partial charge < -0.3 is 0 Å². The number of hydrogen-bond acceptors (Lipinski definition) is 1. The number of piperidine rings is 1. The molecule has 15 heavy (non-hydrogen) atoms. The molecule has 1 nitrogen and oxygen atoms in total. The highest BCUT2D eigenvalue weighted by molar-refractivity contribution is 4.92. The lowest BCUT2D eigenvalue weighted by Crippen LogP contribution is -2.53. The molecule has 0 atom stereocenters. The third kappa shape index (κ3) is 3.48. The molecule has 0 radical (unpaired) electrons. The van der Waals surface area contributed by atoms with E-state index in [1.54, 1.807) is 0 Å². The molecule has 0 amide bonds. The van der Waals surface area contributed by atoms with Crippen LogP contribution in [0.1, 0.15) is 60.8 Å². The summed E-state index contributed by atoms with van der Waals surface area (Å²) in [5.74, 6) is 0. The van der Waals surface area contributed by atoms with Crippen LogP contribution in [0.3, 0.4) is 0 Å². The highest BCUT2D eigenvalue weighted by atomic mass is 15.2. The summed E-state index contributed by atoms with van der Waals surface area (Å²) >= 11 is 0. The second-order valence-electron chi connectivity index (χ2n) is 7.23. The fourth-order valence-corrected chi connectivity index (χ4v) is 3.57. The quantitative estimate of drug-likeness (QED) is 0.635. The number of nitrogens with zero attached hydrogens (tertiary/aromatic N) is 1. The summed E-state index contributed by atoms with van der Waals surface area (Å²) in [6, 6.07) is 0.699. The Labute approximate surface area is 96.2 Å². The van der Waals surface area contributed by atoms with Crippen LogP contribution in [0.5, 0.6) is 0 Å². The van der Waals surface area contributed by atoms with Crippen LogP contribution in [0.4, 0.5) is 0 Å². The fourth-order valence-electron chi connectivity index (χ4n) is 3.57. The smallest absolute Gasteiger partial charge is 0.0192 e. The molecule has 1 aliphatic heterocycles. The highest BCUT2D eigenvalue weighted by Gasteiger charge is 2.39. The van der Waals surface area contributed by atoms with Gasteiger partial charge in [-0.1, -0.05) is 48.0 Å². The molecular weight excluding hydrogens is 182 g/mol. The van der Waals surface area contributed by atoms with Crippen molar-refractivity contribution in [1.82, 2.24) is 4.90 Å². The van der Waals surface area contributed by atoms with E-state index in [9.17, 15) is 0 Å².